The van der Waals surface area contributed by atoms with Crippen LogP contribution < -0.4 is 5.32 Å². The molecule has 1 aromatic heterocycles. The molecule has 5 nitrogen and oxygen atoms in total. The summed E-state index contributed by atoms with van der Waals surface area (Å²) in [5.41, 5.74) is -1.36. The Kier molecular flexibility index (Phi) is 5.60. The molecule has 0 radical (unpaired) electrons. The van der Waals surface area contributed by atoms with Crippen LogP contribution in [-0.4, -0.2) is 21.6 Å². The molecule has 2 aromatic carbocycles. The predicted molar refractivity (Wildman–Crippen MR) is 94.5 cm³/mol. The average molecular weight is 458 g/mol. The molecular weight excluding hydrogens is 451 g/mol. The van der Waals surface area contributed by atoms with Gasteiger partial charge in [0.25, 0.3) is 0 Å². The number of benzene rings is 2. The van der Waals surface area contributed by atoms with Crippen LogP contribution in [0.3, 0.4) is 0 Å². The first-order chi connectivity index (χ1) is 13.0. The first kappa shape index (κ1) is 20.5. The molecule has 28 heavy (non-hydrogen) atoms. The van der Waals surface area contributed by atoms with Crippen LogP contribution in [0, 0.1) is 23.3 Å². The Morgan fingerprint density at radius 2 is 1.68 bits per heavy atom. The number of nitrogens with zero attached hydrogens (tertiary/aromatic N) is 1. The van der Waals surface area contributed by atoms with E-state index < -0.39 is 45.3 Å². The van der Waals surface area contributed by atoms with E-state index in [-0.39, 0.29) is 22.4 Å². The fourth-order valence-electron chi connectivity index (χ4n) is 2.40. The molecule has 1 N–H and O–H groups in total. The molecule has 0 aliphatic rings. The number of aromatic nitrogens is 1. The molecule has 0 bridgehead atoms. The summed E-state index contributed by atoms with van der Waals surface area (Å²) in [4.78, 5) is 11.8. The number of anilines is 1. The summed E-state index contributed by atoms with van der Waals surface area (Å²) < 4.78 is 63.2. The zero-order valence-corrected chi connectivity index (χ0v) is 15.6. The van der Waals surface area contributed by atoms with Crippen molar-refractivity contribution in [1.82, 2.24) is 5.16 Å². The van der Waals surface area contributed by atoms with Crippen molar-refractivity contribution in [2.45, 2.75) is 3.79 Å². The lowest BCUT2D eigenvalue weighted by Crippen LogP contribution is -2.21. The fourth-order valence-corrected chi connectivity index (χ4v) is 2.56. The lowest BCUT2D eigenvalue weighted by Gasteiger charge is -2.12. The molecule has 0 aliphatic carbocycles. The van der Waals surface area contributed by atoms with Crippen LogP contribution in [0.2, 0.25) is 0 Å². The molecule has 0 atom stereocenters. The van der Waals surface area contributed by atoms with E-state index in [0.29, 0.717) is 12.1 Å². The summed E-state index contributed by atoms with van der Waals surface area (Å²) in [5.74, 6) is -5.01. The van der Waals surface area contributed by atoms with Gasteiger partial charge >= 0.3 is 6.09 Å². The van der Waals surface area contributed by atoms with Crippen LogP contribution in [0.1, 0.15) is 0 Å². The predicted octanol–water partition coefficient (Wildman–Crippen LogP) is 5.97. The molecule has 0 spiro atoms. The van der Waals surface area contributed by atoms with Gasteiger partial charge in [0.1, 0.15) is 29.9 Å². The first-order valence-corrected chi connectivity index (χ1v) is 8.43. The average Bonchev–Trinajstić information content (AvgIpc) is 2.94. The Bertz CT molecular complexity index is 1050. The van der Waals surface area contributed by atoms with Gasteiger partial charge in [0.15, 0.2) is 11.4 Å². The molecule has 0 saturated carbocycles. The van der Waals surface area contributed by atoms with Crippen LogP contribution in [0.25, 0.3) is 22.1 Å². The monoisotopic (exact) mass is 456 g/mol. The van der Waals surface area contributed by atoms with Crippen LogP contribution in [0.5, 0.6) is 0 Å². The molecule has 1 heterocycles. The number of rotatable bonds is 3. The number of carbonyl (C=O) groups excluding carboxylic acids is 1. The van der Waals surface area contributed by atoms with Gasteiger partial charge in [0, 0.05) is 23.8 Å². The largest absolute Gasteiger partial charge is 0.445 e. The highest BCUT2D eigenvalue weighted by Gasteiger charge is 2.25. The second-order valence-electron chi connectivity index (χ2n) is 5.42. The lowest BCUT2D eigenvalue weighted by molar-refractivity contribution is 0.163. The number of fused-ring (bicyclic) bond motifs is 1. The van der Waals surface area contributed by atoms with Gasteiger partial charge in [-0.1, -0.05) is 40.0 Å². The van der Waals surface area contributed by atoms with Crippen LogP contribution in [0.15, 0.2) is 28.8 Å². The van der Waals surface area contributed by atoms with Gasteiger partial charge in [-0.15, -0.1) is 0 Å². The summed E-state index contributed by atoms with van der Waals surface area (Å²) in [5, 5.41) is 5.49. The van der Waals surface area contributed by atoms with Gasteiger partial charge in [-0.2, -0.15) is 0 Å². The Hall–Kier alpha value is -2.23. The molecular formula is C16H7Cl3F4N2O3. The zero-order valence-electron chi connectivity index (χ0n) is 13.3. The number of halogens is 7. The highest BCUT2D eigenvalue weighted by Crippen LogP contribution is 2.37. The van der Waals surface area contributed by atoms with Crippen molar-refractivity contribution in [2.75, 3.05) is 11.9 Å². The SMILES string of the molecule is O=C(Nc1noc2cc(F)cc(-c3c(F)cc(F)cc3F)c12)OCC(Cl)(Cl)Cl. The molecule has 0 saturated heterocycles. The van der Waals surface area contributed by atoms with Crippen molar-refractivity contribution < 1.29 is 31.6 Å². The molecule has 12 heteroatoms. The van der Waals surface area contributed by atoms with Gasteiger partial charge < -0.3 is 9.26 Å². The van der Waals surface area contributed by atoms with Crippen molar-refractivity contribution in [1.29, 1.82) is 0 Å². The van der Waals surface area contributed by atoms with E-state index in [0.717, 1.165) is 12.1 Å². The molecule has 0 aliphatic heterocycles. The number of hydrogen-bond acceptors (Lipinski definition) is 4. The molecule has 148 valence electrons. The number of hydrogen-bond donors (Lipinski definition) is 1. The third-order valence-electron chi connectivity index (χ3n) is 3.40. The number of ether oxygens (including phenoxy) is 1. The molecule has 0 unspecified atom stereocenters. The smallest absolute Gasteiger partial charge is 0.413 e. The second kappa shape index (κ2) is 7.65. The Labute approximate surface area is 169 Å². The fraction of sp³-hybridized carbons (Fsp3) is 0.125. The Balaban J connectivity index is 2.08. The number of alkyl halides is 3. The minimum absolute atomic E-state index is 0.156. The van der Waals surface area contributed by atoms with E-state index >= 15 is 0 Å². The van der Waals surface area contributed by atoms with Crippen molar-refractivity contribution in [2.24, 2.45) is 0 Å². The van der Waals surface area contributed by atoms with E-state index in [9.17, 15) is 22.4 Å². The minimum Gasteiger partial charge on any atom is -0.445 e. The molecule has 3 rings (SSSR count). The van der Waals surface area contributed by atoms with Gasteiger partial charge in [-0.25, -0.2) is 22.4 Å². The maximum Gasteiger partial charge on any atom is 0.413 e. The van der Waals surface area contributed by atoms with Crippen molar-refractivity contribution in [3.8, 4) is 11.1 Å². The third kappa shape index (κ3) is 4.43. The normalized spacial score (nSPS) is 11.7. The Morgan fingerprint density at radius 3 is 2.29 bits per heavy atom. The molecule has 3 aromatic rings. The van der Waals surface area contributed by atoms with Gasteiger partial charge in [0.2, 0.25) is 3.79 Å². The van der Waals surface area contributed by atoms with E-state index in [1.165, 1.54) is 0 Å². The van der Waals surface area contributed by atoms with E-state index in [1.54, 1.807) is 0 Å². The summed E-state index contributed by atoms with van der Waals surface area (Å²) in [6.45, 7) is -0.609. The summed E-state index contributed by atoms with van der Waals surface area (Å²) in [6.07, 6.45) is -1.13. The number of nitrogens with one attached hydrogen (secondary N) is 1. The zero-order chi connectivity index (χ0) is 20.6. The number of amides is 1. The summed E-state index contributed by atoms with van der Waals surface area (Å²) in [6, 6.07) is 2.50. The van der Waals surface area contributed by atoms with Crippen molar-refractivity contribution in [3.05, 3.63) is 47.5 Å². The quantitative estimate of drug-likeness (QED) is 0.389. The van der Waals surface area contributed by atoms with Gasteiger partial charge in [0.05, 0.1) is 10.9 Å². The third-order valence-corrected chi connectivity index (χ3v) is 3.73. The van der Waals surface area contributed by atoms with Crippen LogP contribution in [-0.2, 0) is 4.74 Å². The van der Waals surface area contributed by atoms with Crippen molar-refractivity contribution >= 4 is 57.7 Å². The highest BCUT2D eigenvalue weighted by atomic mass is 35.6. The summed E-state index contributed by atoms with van der Waals surface area (Å²) >= 11 is 16.4. The topological polar surface area (TPSA) is 64.4 Å². The van der Waals surface area contributed by atoms with E-state index in [1.807, 2.05) is 0 Å². The van der Waals surface area contributed by atoms with Crippen LogP contribution >= 0.6 is 34.8 Å². The highest BCUT2D eigenvalue weighted by molar-refractivity contribution is 6.67. The van der Waals surface area contributed by atoms with E-state index in [4.69, 9.17) is 39.3 Å². The first-order valence-electron chi connectivity index (χ1n) is 7.29. The molecule has 1 amide bonds. The van der Waals surface area contributed by atoms with Crippen LogP contribution in [0.4, 0.5) is 28.2 Å². The van der Waals surface area contributed by atoms with Crippen molar-refractivity contribution in [3.63, 3.8) is 0 Å². The van der Waals surface area contributed by atoms with Gasteiger partial charge in [-0.3, -0.25) is 5.32 Å². The number of carbonyl (C=O) groups is 1. The van der Waals surface area contributed by atoms with E-state index in [2.05, 4.69) is 15.2 Å². The van der Waals surface area contributed by atoms with Gasteiger partial charge in [-0.05, 0) is 6.07 Å². The minimum atomic E-state index is -1.88. The molecule has 0 fully saturated rings. The maximum absolute atomic E-state index is 14.2. The Morgan fingerprint density at radius 1 is 1.07 bits per heavy atom. The second-order valence-corrected chi connectivity index (χ2v) is 7.93. The standard InChI is InChI=1S/C16H7Cl3F4N2O3/c17-16(18,19)5-27-15(26)24-14-13-8(1-6(20)4-11(13)28-25-14)12-9(22)2-7(21)3-10(12)23/h1-4H,5H2,(H,24,25,26). The lowest BCUT2D eigenvalue weighted by atomic mass is 10.00. The summed E-state index contributed by atoms with van der Waals surface area (Å²) in [7, 11) is 0. The maximum atomic E-state index is 14.2.